The van der Waals surface area contributed by atoms with Crippen molar-refractivity contribution in [3.05, 3.63) is 71.1 Å². The van der Waals surface area contributed by atoms with Crippen molar-refractivity contribution in [1.29, 1.82) is 0 Å². The summed E-state index contributed by atoms with van der Waals surface area (Å²) in [5.41, 5.74) is 2.26. The summed E-state index contributed by atoms with van der Waals surface area (Å²) in [6.45, 7) is 3.00. The van der Waals surface area contributed by atoms with Crippen molar-refractivity contribution in [2.45, 2.75) is 19.8 Å². The van der Waals surface area contributed by atoms with Crippen LogP contribution in [0.1, 0.15) is 28.8 Å². The number of likely N-dealkylation sites (tertiary alicyclic amines) is 1. The predicted octanol–water partition coefficient (Wildman–Crippen LogP) is 3.72. The number of amides is 2. The molecule has 1 aliphatic heterocycles. The first-order valence-electron chi connectivity index (χ1n) is 9.83. The quantitative estimate of drug-likeness (QED) is 0.693. The van der Waals surface area contributed by atoms with Crippen molar-refractivity contribution >= 4 is 29.2 Å². The third-order valence-corrected chi connectivity index (χ3v) is 5.57. The Morgan fingerprint density at radius 2 is 1.93 bits per heavy atom. The van der Waals surface area contributed by atoms with Gasteiger partial charge in [-0.2, -0.15) is 5.10 Å². The van der Waals surface area contributed by atoms with Gasteiger partial charge in [0.05, 0.1) is 22.5 Å². The van der Waals surface area contributed by atoms with E-state index in [9.17, 15) is 9.59 Å². The van der Waals surface area contributed by atoms with Gasteiger partial charge in [-0.15, -0.1) is 0 Å². The van der Waals surface area contributed by atoms with Gasteiger partial charge in [-0.1, -0.05) is 23.7 Å². The van der Waals surface area contributed by atoms with E-state index in [-0.39, 0.29) is 17.7 Å². The Labute approximate surface area is 179 Å². The fourth-order valence-electron chi connectivity index (χ4n) is 3.56. The molecule has 8 heteroatoms. The highest BCUT2D eigenvalue weighted by molar-refractivity contribution is 6.32. The van der Waals surface area contributed by atoms with Crippen molar-refractivity contribution in [3.63, 3.8) is 0 Å². The molecule has 30 heavy (non-hydrogen) atoms. The number of carbonyl (C=O) groups excluding carboxylic acids is 2. The molecular weight excluding hydrogens is 402 g/mol. The lowest BCUT2D eigenvalue weighted by Gasteiger charge is -2.31. The van der Waals surface area contributed by atoms with Crippen LogP contribution in [0.25, 0.3) is 5.69 Å². The van der Waals surface area contributed by atoms with E-state index >= 15 is 0 Å². The van der Waals surface area contributed by atoms with Crippen molar-refractivity contribution in [2.75, 3.05) is 18.4 Å². The zero-order valence-corrected chi connectivity index (χ0v) is 17.3. The fraction of sp³-hybridized carbons (Fsp3) is 0.273. The highest BCUT2D eigenvalue weighted by atomic mass is 35.5. The third kappa shape index (κ3) is 4.36. The summed E-state index contributed by atoms with van der Waals surface area (Å²) in [6.07, 6.45) is 6.14. The Morgan fingerprint density at radius 3 is 2.67 bits per heavy atom. The molecule has 0 spiro atoms. The number of aromatic nitrogens is 3. The minimum atomic E-state index is -0.137. The molecule has 1 fully saturated rings. The summed E-state index contributed by atoms with van der Waals surface area (Å²) in [6, 6.07) is 11.1. The topological polar surface area (TPSA) is 80.1 Å². The summed E-state index contributed by atoms with van der Waals surface area (Å²) in [4.78, 5) is 31.3. The van der Waals surface area contributed by atoms with E-state index in [4.69, 9.17) is 11.6 Å². The van der Waals surface area contributed by atoms with Crippen LogP contribution >= 0.6 is 11.6 Å². The largest absolute Gasteiger partial charge is 0.339 e. The van der Waals surface area contributed by atoms with Gasteiger partial charge < -0.3 is 10.2 Å². The SMILES string of the molecule is Cc1ccnc(NC(=O)C2CCN(C(=O)c3cnn(-c4ccccc4Cl)c3)CC2)c1. The van der Waals surface area contributed by atoms with Crippen LogP contribution < -0.4 is 5.32 Å². The monoisotopic (exact) mass is 423 g/mol. The molecule has 0 unspecified atom stereocenters. The molecule has 1 saturated heterocycles. The van der Waals surface area contributed by atoms with E-state index in [2.05, 4.69) is 15.4 Å². The number of hydrogen-bond acceptors (Lipinski definition) is 4. The number of benzene rings is 1. The van der Waals surface area contributed by atoms with Crippen LogP contribution in [-0.2, 0) is 4.79 Å². The average Bonchev–Trinajstić information content (AvgIpc) is 3.23. The number of aryl methyl sites for hydroxylation is 1. The number of carbonyl (C=O) groups is 2. The third-order valence-electron chi connectivity index (χ3n) is 5.25. The van der Waals surface area contributed by atoms with Crippen molar-refractivity contribution in [1.82, 2.24) is 19.7 Å². The van der Waals surface area contributed by atoms with Crippen LogP contribution in [0.15, 0.2) is 55.0 Å². The first-order chi connectivity index (χ1) is 14.5. The molecule has 1 aromatic carbocycles. The van der Waals surface area contributed by atoms with Gasteiger partial charge in [0.1, 0.15) is 5.82 Å². The van der Waals surface area contributed by atoms with Gasteiger partial charge in [0.2, 0.25) is 5.91 Å². The maximum Gasteiger partial charge on any atom is 0.257 e. The first kappa shape index (κ1) is 20.1. The number of nitrogens with zero attached hydrogens (tertiary/aromatic N) is 4. The first-order valence-corrected chi connectivity index (χ1v) is 10.2. The number of anilines is 1. The van der Waals surface area contributed by atoms with E-state index in [0.29, 0.717) is 42.3 Å². The molecular formula is C22H22ClN5O2. The minimum absolute atomic E-state index is 0.0493. The molecule has 0 bridgehead atoms. The minimum Gasteiger partial charge on any atom is -0.339 e. The van der Waals surface area contributed by atoms with Gasteiger partial charge in [0, 0.05) is 31.4 Å². The van der Waals surface area contributed by atoms with Crippen LogP contribution in [0.3, 0.4) is 0 Å². The molecule has 2 aromatic heterocycles. The summed E-state index contributed by atoms with van der Waals surface area (Å²) >= 11 is 6.21. The summed E-state index contributed by atoms with van der Waals surface area (Å²) in [5, 5.41) is 7.71. The highest BCUT2D eigenvalue weighted by Crippen LogP contribution is 2.22. The maximum absolute atomic E-state index is 12.9. The molecule has 154 valence electrons. The van der Waals surface area contributed by atoms with Gasteiger partial charge in [-0.25, -0.2) is 9.67 Å². The van der Waals surface area contributed by atoms with Gasteiger partial charge in [0.25, 0.3) is 5.91 Å². The van der Waals surface area contributed by atoms with Gasteiger partial charge in [-0.05, 0) is 49.6 Å². The average molecular weight is 424 g/mol. The summed E-state index contributed by atoms with van der Waals surface area (Å²) in [5.74, 6) is 0.284. The van der Waals surface area contributed by atoms with Crippen LogP contribution in [0.5, 0.6) is 0 Å². The smallest absolute Gasteiger partial charge is 0.257 e. The molecule has 2 amide bonds. The van der Waals surface area contributed by atoms with Crippen molar-refractivity contribution < 1.29 is 9.59 Å². The lowest BCUT2D eigenvalue weighted by Crippen LogP contribution is -2.41. The summed E-state index contributed by atoms with van der Waals surface area (Å²) in [7, 11) is 0. The van der Waals surface area contributed by atoms with E-state index in [1.807, 2.05) is 37.3 Å². The standard InChI is InChI=1S/C22H22ClN5O2/c1-15-6-9-24-20(12-15)26-21(29)16-7-10-27(11-8-16)22(30)17-13-25-28(14-17)19-5-3-2-4-18(19)23/h2-6,9,12-14,16H,7-8,10-11H2,1H3,(H,24,26,29). The molecule has 0 aliphatic carbocycles. The Balaban J connectivity index is 1.35. The zero-order valence-electron chi connectivity index (χ0n) is 16.6. The second kappa shape index (κ2) is 8.67. The van der Waals surface area contributed by atoms with Gasteiger partial charge in [-0.3, -0.25) is 9.59 Å². The van der Waals surface area contributed by atoms with Crippen LogP contribution in [0, 0.1) is 12.8 Å². The summed E-state index contributed by atoms with van der Waals surface area (Å²) < 4.78 is 1.60. The molecule has 3 heterocycles. The van der Waals surface area contributed by atoms with E-state index < -0.39 is 0 Å². The second-order valence-corrected chi connectivity index (χ2v) is 7.81. The Hall–Kier alpha value is -3.19. The molecule has 4 rings (SSSR count). The second-order valence-electron chi connectivity index (χ2n) is 7.40. The van der Waals surface area contributed by atoms with Crippen LogP contribution in [0.2, 0.25) is 5.02 Å². The van der Waals surface area contributed by atoms with Crippen LogP contribution in [-0.4, -0.2) is 44.6 Å². The predicted molar refractivity (Wildman–Crippen MR) is 115 cm³/mol. The highest BCUT2D eigenvalue weighted by Gasteiger charge is 2.28. The zero-order chi connectivity index (χ0) is 21.1. The van der Waals surface area contributed by atoms with E-state index in [0.717, 1.165) is 11.3 Å². The number of halogens is 1. The number of piperidine rings is 1. The van der Waals surface area contributed by atoms with Crippen molar-refractivity contribution in [3.8, 4) is 5.69 Å². The van der Waals surface area contributed by atoms with Gasteiger partial charge in [0.15, 0.2) is 0 Å². The molecule has 0 atom stereocenters. The molecule has 3 aromatic rings. The Bertz CT molecular complexity index is 1070. The van der Waals surface area contributed by atoms with E-state index in [1.165, 1.54) is 0 Å². The lowest BCUT2D eigenvalue weighted by atomic mass is 9.95. The normalized spacial score (nSPS) is 14.5. The number of para-hydroxylation sites is 1. The van der Waals surface area contributed by atoms with Crippen LogP contribution in [0.4, 0.5) is 5.82 Å². The van der Waals surface area contributed by atoms with E-state index in [1.54, 1.807) is 34.2 Å². The number of rotatable bonds is 4. The van der Waals surface area contributed by atoms with Crippen molar-refractivity contribution in [2.24, 2.45) is 5.92 Å². The van der Waals surface area contributed by atoms with Gasteiger partial charge >= 0.3 is 0 Å². The number of pyridine rings is 1. The molecule has 1 N–H and O–H groups in total. The molecule has 1 aliphatic rings. The lowest BCUT2D eigenvalue weighted by molar-refractivity contribution is -0.121. The number of nitrogens with one attached hydrogen (secondary N) is 1. The Kier molecular flexibility index (Phi) is 5.81. The molecule has 7 nitrogen and oxygen atoms in total. The number of hydrogen-bond donors (Lipinski definition) is 1. The fourth-order valence-corrected chi connectivity index (χ4v) is 3.79. The maximum atomic E-state index is 12.9. The Morgan fingerprint density at radius 1 is 1.17 bits per heavy atom. The molecule has 0 radical (unpaired) electrons. The molecule has 0 saturated carbocycles.